The summed E-state index contributed by atoms with van der Waals surface area (Å²) in [5, 5.41) is 14.4. The van der Waals surface area contributed by atoms with E-state index in [-0.39, 0.29) is 11.3 Å². The SMILES string of the molecule is CCOc1cccc(/C=N/NC(=O)c2ccc([N+](=O)[O-])cc2)c1. The van der Waals surface area contributed by atoms with Gasteiger partial charge in [0, 0.05) is 17.7 Å². The molecule has 0 unspecified atom stereocenters. The number of carbonyl (C=O) groups excluding carboxylic acids is 1. The standard InChI is InChI=1S/C16H15N3O4/c1-2-23-15-5-3-4-12(10-15)11-17-18-16(20)13-6-8-14(9-7-13)19(21)22/h3-11H,2H2,1H3,(H,18,20)/b17-11+. The minimum Gasteiger partial charge on any atom is -0.494 e. The van der Waals surface area contributed by atoms with E-state index in [4.69, 9.17) is 4.74 Å². The fourth-order valence-corrected chi connectivity index (χ4v) is 1.82. The third-order valence-electron chi connectivity index (χ3n) is 2.89. The largest absolute Gasteiger partial charge is 0.494 e. The highest BCUT2D eigenvalue weighted by atomic mass is 16.6. The summed E-state index contributed by atoms with van der Waals surface area (Å²) in [6, 6.07) is 12.6. The number of non-ortho nitro benzene ring substituents is 1. The van der Waals surface area contributed by atoms with Crippen LogP contribution in [-0.4, -0.2) is 23.7 Å². The molecule has 0 spiro atoms. The number of nitro benzene ring substituents is 1. The maximum atomic E-state index is 11.9. The first-order chi connectivity index (χ1) is 11.1. The molecule has 0 aromatic heterocycles. The molecule has 2 aromatic rings. The van der Waals surface area contributed by atoms with Crippen molar-refractivity contribution >= 4 is 17.8 Å². The van der Waals surface area contributed by atoms with Crippen LogP contribution in [0.5, 0.6) is 5.75 Å². The Morgan fingerprint density at radius 2 is 2.04 bits per heavy atom. The lowest BCUT2D eigenvalue weighted by Gasteiger charge is -2.03. The number of nitrogens with zero attached hydrogens (tertiary/aromatic N) is 2. The summed E-state index contributed by atoms with van der Waals surface area (Å²) in [6.07, 6.45) is 1.49. The smallest absolute Gasteiger partial charge is 0.271 e. The van der Waals surface area contributed by atoms with Crippen molar-refractivity contribution in [1.29, 1.82) is 0 Å². The number of hydrogen-bond acceptors (Lipinski definition) is 5. The topological polar surface area (TPSA) is 93.8 Å². The Bertz CT molecular complexity index is 726. The highest BCUT2D eigenvalue weighted by molar-refractivity contribution is 5.95. The van der Waals surface area contributed by atoms with Crippen LogP contribution in [0.1, 0.15) is 22.8 Å². The van der Waals surface area contributed by atoms with E-state index in [1.54, 1.807) is 6.07 Å². The van der Waals surface area contributed by atoms with Crippen LogP contribution in [0.4, 0.5) is 5.69 Å². The Hall–Kier alpha value is -3.22. The average molecular weight is 313 g/mol. The second kappa shape index (κ2) is 7.69. The first-order valence-electron chi connectivity index (χ1n) is 6.91. The summed E-state index contributed by atoms with van der Waals surface area (Å²) in [6.45, 7) is 2.46. The van der Waals surface area contributed by atoms with Crippen LogP contribution in [-0.2, 0) is 0 Å². The van der Waals surface area contributed by atoms with Crippen molar-refractivity contribution < 1.29 is 14.5 Å². The molecule has 0 aliphatic rings. The maximum Gasteiger partial charge on any atom is 0.271 e. The molecule has 23 heavy (non-hydrogen) atoms. The van der Waals surface area contributed by atoms with Crippen molar-refractivity contribution in [2.75, 3.05) is 6.61 Å². The zero-order chi connectivity index (χ0) is 16.7. The summed E-state index contributed by atoms with van der Waals surface area (Å²) in [5.41, 5.74) is 3.36. The van der Waals surface area contributed by atoms with E-state index in [0.717, 1.165) is 11.3 Å². The van der Waals surface area contributed by atoms with E-state index in [1.165, 1.54) is 30.5 Å². The molecule has 2 aromatic carbocycles. The number of nitrogens with one attached hydrogen (secondary N) is 1. The number of hydrazone groups is 1. The van der Waals surface area contributed by atoms with Gasteiger partial charge in [0.25, 0.3) is 11.6 Å². The van der Waals surface area contributed by atoms with E-state index in [9.17, 15) is 14.9 Å². The summed E-state index contributed by atoms with van der Waals surface area (Å²) < 4.78 is 5.37. The Morgan fingerprint density at radius 3 is 2.70 bits per heavy atom. The van der Waals surface area contributed by atoms with Gasteiger partial charge in [0.2, 0.25) is 0 Å². The van der Waals surface area contributed by atoms with Gasteiger partial charge in [-0.05, 0) is 36.8 Å². The monoisotopic (exact) mass is 313 g/mol. The second-order valence-electron chi connectivity index (χ2n) is 4.51. The lowest BCUT2D eigenvalue weighted by Crippen LogP contribution is -2.17. The van der Waals surface area contributed by atoms with Gasteiger partial charge in [0.05, 0.1) is 17.7 Å². The summed E-state index contributed by atoms with van der Waals surface area (Å²) in [7, 11) is 0. The van der Waals surface area contributed by atoms with E-state index in [1.807, 2.05) is 25.1 Å². The van der Waals surface area contributed by atoms with Gasteiger partial charge in [0.15, 0.2) is 0 Å². The molecule has 1 N–H and O–H groups in total. The highest BCUT2D eigenvalue weighted by Crippen LogP contribution is 2.12. The molecule has 1 amide bonds. The number of rotatable bonds is 6. The first kappa shape index (κ1) is 16.2. The van der Waals surface area contributed by atoms with Crippen LogP contribution in [0.15, 0.2) is 53.6 Å². The summed E-state index contributed by atoms with van der Waals surface area (Å²) >= 11 is 0. The minimum atomic E-state index is -0.523. The fraction of sp³-hybridized carbons (Fsp3) is 0.125. The molecule has 0 saturated heterocycles. The minimum absolute atomic E-state index is 0.0715. The van der Waals surface area contributed by atoms with E-state index in [2.05, 4.69) is 10.5 Å². The lowest BCUT2D eigenvalue weighted by molar-refractivity contribution is -0.384. The van der Waals surface area contributed by atoms with Crippen LogP contribution < -0.4 is 10.2 Å². The van der Waals surface area contributed by atoms with Crippen LogP contribution >= 0.6 is 0 Å². The van der Waals surface area contributed by atoms with Crippen molar-refractivity contribution in [3.8, 4) is 5.75 Å². The number of carbonyl (C=O) groups is 1. The number of amides is 1. The number of ether oxygens (including phenoxy) is 1. The van der Waals surface area contributed by atoms with Crippen LogP contribution in [0, 0.1) is 10.1 Å². The Morgan fingerprint density at radius 1 is 1.30 bits per heavy atom. The molecule has 7 heteroatoms. The molecule has 0 aliphatic heterocycles. The van der Waals surface area contributed by atoms with Crippen molar-refractivity contribution in [3.05, 3.63) is 69.8 Å². The molecule has 2 rings (SSSR count). The fourth-order valence-electron chi connectivity index (χ4n) is 1.82. The molecular weight excluding hydrogens is 298 g/mol. The maximum absolute atomic E-state index is 11.9. The molecule has 0 aliphatic carbocycles. The molecule has 0 fully saturated rings. The lowest BCUT2D eigenvalue weighted by atomic mass is 10.2. The van der Waals surface area contributed by atoms with Crippen molar-refractivity contribution in [2.24, 2.45) is 5.10 Å². The van der Waals surface area contributed by atoms with E-state index >= 15 is 0 Å². The van der Waals surface area contributed by atoms with E-state index < -0.39 is 10.8 Å². The van der Waals surface area contributed by atoms with Crippen LogP contribution in [0.25, 0.3) is 0 Å². The van der Waals surface area contributed by atoms with E-state index in [0.29, 0.717) is 6.61 Å². The third kappa shape index (κ3) is 4.63. The third-order valence-corrected chi connectivity index (χ3v) is 2.89. The number of hydrogen-bond donors (Lipinski definition) is 1. The number of nitro groups is 1. The predicted molar refractivity (Wildman–Crippen MR) is 85.8 cm³/mol. The van der Waals surface area contributed by atoms with Crippen molar-refractivity contribution in [3.63, 3.8) is 0 Å². The van der Waals surface area contributed by atoms with Gasteiger partial charge in [-0.1, -0.05) is 12.1 Å². The second-order valence-corrected chi connectivity index (χ2v) is 4.51. The zero-order valence-corrected chi connectivity index (χ0v) is 12.4. The van der Waals surface area contributed by atoms with Crippen molar-refractivity contribution in [1.82, 2.24) is 5.43 Å². The molecule has 118 valence electrons. The molecule has 0 bridgehead atoms. The molecule has 0 saturated carbocycles. The predicted octanol–water partition coefficient (Wildman–Crippen LogP) is 2.76. The Balaban J connectivity index is 1.98. The van der Waals surface area contributed by atoms with Gasteiger partial charge >= 0.3 is 0 Å². The molecule has 0 heterocycles. The normalized spacial score (nSPS) is 10.5. The van der Waals surface area contributed by atoms with Crippen molar-refractivity contribution in [2.45, 2.75) is 6.92 Å². The number of benzene rings is 2. The van der Waals surface area contributed by atoms with Gasteiger partial charge in [-0.2, -0.15) is 5.10 Å². The average Bonchev–Trinajstić information content (AvgIpc) is 2.55. The summed E-state index contributed by atoms with van der Waals surface area (Å²) in [5.74, 6) is 0.273. The van der Waals surface area contributed by atoms with Gasteiger partial charge < -0.3 is 4.74 Å². The molecule has 0 atom stereocenters. The van der Waals surface area contributed by atoms with Gasteiger partial charge in [-0.25, -0.2) is 5.43 Å². The van der Waals surface area contributed by atoms with Gasteiger partial charge in [0.1, 0.15) is 5.75 Å². The zero-order valence-electron chi connectivity index (χ0n) is 12.4. The first-order valence-corrected chi connectivity index (χ1v) is 6.91. The quantitative estimate of drug-likeness (QED) is 0.504. The van der Waals surface area contributed by atoms with Crippen LogP contribution in [0.3, 0.4) is 0 Å². The van der Waals surface area contributed by atoms with Crippen LogP contribution in [0.2, 0.25) is 0 Å². The summed E-state index contributed by atoms with van der Waals surface area (Å²) in [4.78, 5) is 21.9. The van der Waals surface area contributed by atoms with Gasteiger partial charge in [-0.15, -0.1) is 0 Å². The molecular formula is C16H15N3O4. The van der Waals surface area contributed by atoms with Gasteiger partial charge in [-0.3, -0.25) is 14.9 Å². The molecule has 7 nitrogen and oxygen atoms in total. The Labute approximate surface area is 132 Å². The Kier molecular flexibility index (Phi) is 5.40. The highest BCUT2D eigenvalue weighted by Gasteiger charge is 2.08. The molecule has 0 radical (unpaired) electrons.